The molecule has 3 aliphatic heterocycles. The third-order valence-corrected chi connectivity index (χ3v) is 9.93. The van der Waals surface area contributed by atoms with Crippen molar-refractivity contribution in [3.63, 3.8) is 0 Å². The van der Waals surface area contributed by atoms with Gasteiger partial charge >= 0.3 is 6.09 Å². The first-order valence-corrected chi connectivity index (χ1v) is 16.9. The number of ether oxygens (including phenoxy) is 1. The number of likely N-dealkylation sites (tertiary alicyclic amines) is 2. The molecule has 0 bridgehead atoms. The summed E-state index contributed by atoms with van der Waals surface area (Å²) in [6.45, 7) is 7.97. The van der Waals surface area contributed by atoms with E-state index in [-0.39, 0.29) is 17.9 Å². The lowest BCUT2D eigenvalue weighted by Gasteiger charge is -2.40. The molecule has 3 amide bonds. The standard InChI is InChI=1S/C37H43ClN4O4/c1-25-9-4-5-10-30(25)35(43)39-28-13-14-31(26(2)23-28)36(44)42-20-8-11-34(32-24-27(38)12-15-33(32)42)46-37(45)41-21-16-29(17-22-41)40-18-6-3-7-19-40/h4-5,9-10,12-15,23-24,29,34H,3,6-8,11,16-22H2,1-2H3,(H,39,43)/t34-/m1/s1. The fourth-order valence-electron chi connectivity index (χ4n) is 7.12. The Bertz CT molecular complexity index is 1600. The predicted molar refractivity (Wildman–Crippen MR) is 182 cm³/mol. The van der Waals surface area contributed by atoms with E-state index in [1.807, 2.05) is 55.1 Å². The first-order valence-electron chi connectivity index (χ1n) is 16.6. The van der Waals surface area contributed by atoms with Gasteiger partial charge in [-0.3, -0.25) is 9.59 Å². The second-order valence-corrected chi connectivity index (χ2v) is 13.2. The van der Waals surface area contributed by atoms with E-state index >= 15 is 0 Å². The number of amides is 3. The van der Waals surface area contributed by atoms with E-state index < -0.39 is 6.10 Å². The first kappa shape index (κ1) is 32.1. The van der Waals surface area contributed by atoms with Crippen molar-refractivity contribution in [2.75, 3.05) is 42.9 Å². The first-order chi connectivity index (χ1) is 22.3. The Morgan fingerprint density at radius 1 is 0.783 bits per heavy atom. The number of carbonyl (C=O) groups is 3. The van der Waals surface area contributed by atoms with Crippen LogP contribution in [0.3, 0.4) is 0 Å². The van der Waals surface area contributed by atoms with Gasteiger partial charge in [-0.2, -0.15) is 0 Å². The van der Waals surface area contributed by atoms with Crippen LogP contribution < -0.4 is 10.2 Å². The van der Waals surface area contributed by atoms with Crippen molar-refractivity contribution < 1.29 is 19.1 Å². The number of aryl methyl sites for hydroxylation is 2. The van der Waals surface area contributed by atoms with Crippen LogP contribution in [0.2, 0.25) is 5.02 Å². The summed E-state index contributed by atoms with van der Waals surface area (Å²) >= 11 is 6.46. The Labute approximate surface area is 276 Å². The predicted octanol–water partition coefficient (Wildman–Crippen LogP) is 7.78. The van der Waals surface area contributed by atoms with Crippen LogP contribution in [0.15, 0.2) is 60.7 Å². The number of benzene rings is 3. The summed E-state index contributed by atoms with van der Waals surface area (Å²) in [6, 6.07) is 18.8. The molecule has 3 aliphatic rings. The van der Waals surface area contributed by atoms with Gasteiger partial charge in [0.05, 0.1) is 5.69 Å². The van der Waals surface area contributed by atoms with E-state index in [0.29, 0.717) is 66.0 Å². The largest absolute Gasteiger partial charge is 0.441 e. The van der Waals surface area contributed by atoms with E-state index in [2.05, 4.69) is 10.2 Å². The van der Waals surface area contributed by atoms with E-state index in [4.69, 9.17) is 16.3 Å². The zero-order chi connectivity index (χ0) is 32.2. The molecule has 242 valence electrons. The van der Waals surface area contributed by atoms with Crippen LogP contribution in [-0.4, -0.2) is 66.5 Å². The second-order valence-electron chi connectivity index (χ2n) is 12.8. The van der Waals surface area contributed by atoms with E-state index in [9.17, 15) is 14.4 Å². The smallest absolute Gasteiger partial charge is 0.410 e. The molecule has 6 rings (SSSR count). The summed E-state index contributed by atoms with van der Waals surface area (Å²) < 4.78 is 6.16. The molecular weight excluding hydrogens is 600 g/mol. The molecule has 0 radical (unpaired) electrons. The molecule has 0 aliphatic carbocycles. The number of hydrogen-bond acceptors (Lipinski definition) is 5. The van der Waals surface area contributed by atoms with E-state index in [1.165, 1.54) is 19.3 Å². The van der Waals surface area contributed by atoms with Crippen LogP contribution in [0, 0.1) is 13.8 Å². The van der Waals surface area contributed by atoms with E-state index in [1.54, 1.807) is 29.2 Å². The zero-order valence-corrected chi connectivity index (χ0v) is 27.5. The van der Waals surface area contributed by atoms with Gasteiger partial charge in [-0.15, -0.1) is 0 Å². The molecule has 2 fully saturated rings. The topological polar surface area (TPSA) is 82.2 Å². The van der Waals surface area contributed by atoms with Crippen LogP contribution in [-0.2, 0) is 4.74 Å². The van der Waals surface area contributed by atoms with Crippen LogP contribution in [0.25, 0.3) is 0 Å². The maximum absolute atomic E-state index is 14.0. The van der Waals surface area contributed by atoms with Gasteiger partial charge in [0.25, 0.3) is 11.8 Å². The van der Waals surface area contributed by atoms with Crippen molar-refractivity contribution in [3.8, 4) is 0 Å². The molecule has 3 heterocycles. The highest BCUT2D eigenvalue weighted by Gasteiger charge is 2.33. The molecular formula is C37H43ClN4O4. The van der Waals surface area contributed by atoms with Gasteiger partial charge in [-0.25, -0.2) is 4.79 Å². The molecule has 0 saturated carbocycles. The minimum atomic E-state index is -0.501. The number of hydrogen-bond donors (Lipinski definition) is 1. The van der Waals surface area contributed by atoms with Crippen molar-refractivity contribution in [2.45, 2.75) is 70.9 Å². The second kappa shape index (κ2) is 14.3. The Balaban J connectivity index is 1.15. The van der Waals surface area contributed by atoms with Gasteiger partial charge in [0.1, 0.15) is 6.10 Å². The molecule has 0 unspecified atom stereocenters. The minimum absolute atomic E-state index is 0.149. The van der Waals surface area contributed by atoms with Gasteiger partial charge in [0, 0.05) is 53.1 Å². The Morgan fingerprint density at radius 2 is 1.54 bits per heavy atom. The highest BCUT2D eigenvalue weighted by molar-refractivity contribution is 6.30. The highest BCUT2D eigenvalue weighted by atomic mass is 35.5. The van der Waals surface area contributed by atoms with Gasteiger partial charge in [0.15, 0.2) is 0 Å². The fraction of sp³-hybridized carbons (Fsp3) is 0.432. The van der Waals surface area contributed by atoms with Gasteiger partial charge < -0.3 is 24.8 Å². The van der Waals surface area contributed by atoms with Gasteiger partial charge in [0.2, 0.25) is 0 Å². The van der Waals surface area contributed by atoms with Crippen molar-refractivity contribution in [2.24, 2.45) is 0 Å². The molecule has 2 saturated heterocycles. The number of fused-ring (bicyclic) bond motifs is 1. The lowest BCUT2D eigenvalue weighted by atomic mass is 10.00. The van der Waals surface area contributed by atoms with Crippen LogP contribution in [0.1, 0.15) is 88.5 Å². The summed E-state index contributed by atoms with van der Waals surface area (Å²) in [4.78, 5) is 46.5. The summed E-state index contributed by atoms with van der Waals surface area (Å²) in [7, 11) is 0. The van der Waals surface area contributed by atoms with Crippen molar-refractivity contribution in [1.29, 1.82) is 0 Å². The van der Waals surface area contributed by atoms with Crippen molar-refractivity contribution in [1.82, 2.24) is 9.80 Å². The summed E-state index contributed by atoms with van der Waals surface area (Å²) in [6.07, 6.45) is 6.25. The Morgan fingerprint density at radius 3 is 2.28 bits per heavy atom. The molecule has 46 heavy (non-hydrogen) atoms. The third-order valence-electron chi connectivity index (χ3n) is 9.70. The molecule has 9 heteroatoms. The lowest BCUT2D eigenvalue weighted by Crippen LogP contribution is -2.48. The Hall–Kier alpha value is -3.88. The molecule has 0 aromatic heterocycles. The molecule has 3 aromatic carbocycles. The summed E-state index contributed by atoms with van der Waals surface area (Å²) in [5.74, 6) is -0.341. The fourth-order valence-corrected chi connectivity index (χ4v) is 7.30. The van der Waals surface area contributed by atoms with Crippen LogP contribution in [0.5, 0.6) is 0 Å². The highest BCUT2D eigenvalue weighted by Crippen LogP contribution is 2.38. The SMILES string of the molecule is Cc1ccccc1C(=O)Nc1ccc(C(=O)N2CCC[C@@H](OC(=O)N3CCC(N4CCCCC4)CC3)c3cc(Cl)ccc32)c(C)c1. The third kappa shape index (κ3) is 7.08. The van der Waals surface area contributed by atoms with Gasteiger partial charge in [-0.1, -0.05) is 36.2 Å². The van der Waals surface area contributed by atoms with Crippen LogP contribution in [0.4, 0.5) is 16.2 Å². The van der Waals surface area contributed by atoms with Crippen molar-refractivity contribution in [3.05, 3.63) is 93.5 Å². The van der Waals surface area contributed by atoms with Crippen LogP contribution >= 0.6 is 11.6 Å². The number of piperidine rings is 2. The minimum Gasteiger partial charge on any atom is -0.441 e. The quantitative estimate of drug-likeness (QED) is 0.307. The Kier molecular flexibility index (Phi) is 9.95. The molecule has 8 nitrogen and oxygen atoms in total. The normalized spacial score (nSPS) is 19.2. The number of rotatable bonds is 5. The summed E-state index contributed by atoms with van der Waals surface area (Å²) in [5.41, 5.74) is 4.86. The lowest BCUT2D eigenvalue weighted by molar-refractivity contribution is 0.0392. The number of nitrogens with one attached hydrogen (secondary N) is 1. The van der Waals surface area contributed by atoms with Crippen molar-refractivity contribution >= 4 is 40.9 Å². The average Bonchev–Trinajstić information content (AvgIpc) is 3.24. The summed E-state index contributed by atoms with van der Waals surface area (Å²) in [5, 5.41) is 3.48. The molecule has 1 atom stereocenters. The molecule has 1 N–H and O–H groups in total. The number of carbonyl (C=O) groups excluding carboxylic acids is 3. The number of anilines is 2. The number of halogens is 1. The maximum Gasteiger partial charge on any atom is 0.410 e. The number of nitrogens with zero attached hydrogens (tertiary/aromatic N) is 3. The zero-order valence-electron chi connectivity index (χ0n) is 26.8. The monoisotopic (exact) mass is 642 g/mol. The van der Waals surface area contributed by atoms with Gasteiger partial charge in [-0.05, 0) is 119 Å². The van der Waals surface area contributed by atoms with E-state index in [0.717, 1.165) is 42.6 Å². The average molecular weight is 643 g/mol. The maximum atomic E-state index is 14.0. The molecule has 0 spiro atoms. The molecule has 3 aromatic rings.